The fraction of sp³-hybridized carbons (Fsp3) is 0.500. The van der Waals surface area contributed by atoms with Gasteiger partial charge in [-0.2, -0.15) is 5.26 Å². The van der Waals surface area contributed by atoms with Crippen molar-refractivity contribution >= 4 is 46.6 Å². The molecule has 13 heteroatoms. The number of hydrogen-bond donors (Lipinski definition) is 1. The number of nitrogens with zero attached hydrogens (tertiary/aromatic N) is 6. The molecule has 5 heterocycles. The van der Waals surface area contributed by atoms with Crippen LogP contribution in [-0.2, 0) is 22.7 Å². The molecule has 1 unspecified atom stereocenters. The van der Waals surface area contributed by atoms with Crippen LogP contribution in [0.15, 0.2) is 54.6 Å². The Morgan fingerprint density at radius 3 is 1.95 bits per heavy atom. The lowest BCUT2D eigenvalue weighted by atomic mass is 9.49. The number of nitriles is 1. The lowest BCUT2D eigenvalue weighted by Crippen LogP contribution is -2.74. The zero-order chi connectivity index (χ0) is 41.4. The summed E-state index contributed by atoms with van der Waals surface area (Å²) in [6, 6.07) is 19.1. The Morgan fingerprint density at radius 1 is 0.763 bits per heavy atom. The summed E-state index contributed by atoms with van der Waals surface area (Å²) in [6.07, 6.45) is 2.69. The highest BCUT2D eigenvalue weighted by Gasteiger charge is 2.67. The second-order valence-corrected chi connectivity index (χ2v) is 18.9. The van der Waals surface area contributed by atoms with Crippen molar-refractivity contribution in [1.82, 2.24) is 20.0 Å². The number of halogens is 1. The summed E-state index contributed by atoms with van der Waals surface area (Å²) >= 11 is 6.31. The third kappa shape index (κ3) is 6.90. The van der Waals surface area contributed by atoms with Gasteiger partial charge in [-0.25, -0.2) is 0 Å². The average Bonchev–Trinajstić information content (AvgIpc) is 3.71. The number of nitrogens with one attached hydrogen (secondary N) is 1. The first-order valence-corrected chi connectivity index (χ1v) is 21.4. The molecule has 3 saturated heterocycles. The first-order valence-electron chi connectivity index (χ1n) is 21.0. The highest BCUT2D eigenvalue weighted by atomic mass is 35.5. The number of ether oxygens (including phenoxy) is 1. The predicted molar refractivity (Wildman–Crippen MR) is 224 cm³/mol. The molecule has 4 fully saturated rings. The van der Waals surface area contributed by atoms with Crippen LogP contribution in [0.4, 0.5) is 11.4 Å². The molecule has 4 amide bonds. The Kier molecular flexibility index (Phi) is 9.91. The third-order valence-corrected chi connectivity index (χ3v) is 14.4. The fourth-order valence-electron chi connectivity index (χ4n) is 11.4. The van der Waals surface area contributed by atoms with E-state index in [1.807, 2.05) is 23.1 Å². The largest absolute Gasteiger partial charge is 0.489 e. The van der Waals surface area contributed by atoms with Crippen LogP contribution < -0.4 is 19.9 Å². The van der Waals surface area contributed by atoms with E-state index in [0.29, 0.717) is 47.3 Å². The van der Waals surface area contributed by atoms with E-state index in [2.05, 4.69) is 72.0 Å². The normalized spacial score (nSPS) is 25.4. The zero-order valence-electron chi connectivity index (χ0n) is 34.3. The molecule has 5 aliphatic heterocycles. The second kappa shape index (κ2) is 14.9. The maximum Gasteiger partial charge on any atom is 0.255 e. The monoisotopic (exact) mass is 817 g/mol. The number of piperazine rings is 1. The summed E-state index contributed by atoms with van der Waals surface area (Å²) < 4.78 is 6.51. The number of amides is 4. The molecule has 9 rings (SSSR count). The van der Waals surface area contributed by atoms with E-state index >= 15 is 0 Å². The van der Waals surface area contributed by atoms with Crippen molar-refractivity contribution in [3.05, 3.63) is 87.4 Å². The molecular formula is C46H52ClN7O5. The maximum absolute atomic E-state index is 13.9. The van der Waals surface area contributed by atoms with E-state index in [-0.39, 0.29) is 53.0 Å². The van der Waals surface area contributed by atoms with Gasteiger partial charge in [0.15, 0.2) is 0 Å². The van der Waals surface area contributed by atoms with Crippen molar-refractivity contribution in [3.8, 4) is 11.8 Å². The van der Waals surface area contributed by atoms with Crippen LogP contribution in [0.2, 0.25) is 5.02 Å². The Morgan fingerprint density at radius 2 is 1.36 bits per heavy atom. The summed E-state index contributed by atoms with van der Waals surface area (Å²) in [5.41, 5.74) is 5.55. The van der Waals surface area contributed by atoms with Gasteiger partial charge in [0, 0.05) is 111 Å². The van der Waals surface area contributed by atoms with Gasteiger partial charge < -0.3 is 24.3 Å². The van der Waals surface area contributed by atoms with Crippen LogP contribution >= 0.6 is 11.6 Å². The average molecular weight is 818 g/mol. The molecule has 0 radical (unpaired) electrons. The molecule has 0 aromatic heterocycles. The van der Waals surface area contributed by atoms with Crippen molar-refractivity contribution < 1.29 is 23.9 Å². The minimum atomic E-state index is -0.600. The number of hydrogen-bond acceptors (Lipinski definition) is 9. The Balaban J connectivity index is 0.759. The fourth-order valence-corrected chi connectivity index (χ4v) is 11.6. The Hall–Kier alpha value is -5.12. The van der Waals surface area contributed by atoms with Crippen LogP contribution in [0.1, 0.15) is 90.8 Å². The highest BCUT2D eigenvalue weighted by Crippen LogP contribution is 2.59. The van der Waals surface area contributed by atoms with Gasteiger partial charge in [0.1, 0.15) is 24.0 Å². The van der Waals surface area contributed by atoms with Crippen molar-refractivity contribution in [1.29, 1.82) is 5.26 Å². The lowest BCUT2D eigenvalue weighted by molar-refractivity contribution is -0.199. The number of rotatable bonds is 8. The number of benzene rings is 3. The third-order valence-electron chi connectivity index (χ3n) is 14.0. The van der Waals surface area contributed by atoms with Gasteiger partial charge >= 0.3 is 0 Å². The SMILES string of the molecule is CC1(C)C(Oc2ccc(C#N)c(Cl)c2)C(C)(C)C1N1Cc2cc(N3CCN(CC4CCN(c5ccc6c(c5)CN(C5CCC(=O)NC5=O)C6=O)CC4)CC3)ccc2C1=O. The summed E-state index contributed by atoms with van der Waals surface area (Å²) in [7, 11) is 0. The molecule has 1 N–H and O–H groups in total. The molecule has 0 spiro atoms. The van der Waals surface area contributed by atoms with Gasteiger partial charge in [0.2, 0.25) is 11.8 Å². The summed E-state index contributed by atoms with van der Waals surface area (Å²) in [5, 5.41) is 12.0. The second-order valence-electron chi connectivity index (χ2n) is 18.5. The topological polar surface area (TPSA) is 130 Å². The summed E-state index contributed by atoms with van der Waals surface area (Å²) in [5.74, 6) is 0.536. The molecule has 12 nitrogen and oxygen atoms in total. The molecule has 1 saturated carbocycles. The highest BCUT2D eigenvalue weighted by molar-refractivity contribution is 6.31. The molecular weight excluding hydrogens is 766 g/mol. The van der Waals surface area contributed by atoms with Gasteiger partial charge in [0.25, 0.3) is 11.8 Å². The van der Waals surface area contributed by atoms with Crippen LogP contribution in [0.5, 0.6) is 5.75 Å². The van der Waals surface area contributed by atoms with Crippen molar-refractivity contribution in [2.45, 2.75) is 84.7 Å². The summed E-state index contributed by atoms with van der Waals surface area (Å²) in [4.78, 5) is 62.4. The van der Waals surface area contributed by atoms with Gasteiger partial charge in [0.05, 0.1) is 10.6 Å². The van der Waals surface area contributed by atoms with Crippen LogP contribution in [0.3, 0.4) is 0 Å². The number of carbonyl (C=O) groups is 4. The van der Waals surface area contributed by atoms with Gasteiger partial charge in [-0.3, -0.25) is 29.4 Å². The quantitative estimate of drug-likeness (QED) is 0.279. The molecule has 308 valence electrons. The smallest absolute Gasteiger partial charge is 0.255 e. The van der Waals surface area contributed by atoms with E-state index in [1.54, 1.807) is 23.1 Å². The van der Waals surface area contributed by atoms with Crippen molar-refractivity contribution in [3.63, 3.8) is 0 Å². The molecule has 59 heavy (non-hydrogen) atoms. The number of imide groups is 1. The van der Waals surface area contributed by atoms with E-state index in [4.69, 9.17) is 16.3 Å². The van der Waals surface area contributed by atoms with Crippen LogP contribution in [0, 0.1) is 28.1 Å². The number of fused-ring (bicyclic) bond motifs is 2. The van der Waals surface area contributed by atoms with Gasteiger partial charge in [-0.05, 0) is 84.8 Å². The van der Waals surface area contributed by atoms with Crippen molar-refractivity contribution in [2.75, 3.05) is 55.6 Å². The van der Waals surface area contributed by atoms with E-state index < -0.39 is 6.04 Å². The number of piperidine rings is 2. The number of carbonyl (C=O) groups excluding carboxylic acids is 4. The van der Waals surface area contributed by atoms with Gasteiger partial charge in [-0.15, -0.1) is 0 Å². The van der Waals surface area contributed by atoms with E-state index in [9.17, 15) is 24.4 Å². The Bertz CT molecular complexity index is 2250. The standard InChI is InChI=1S/C46H52ClN7O5/c1-45(2)43(46(3,4)44(45)59-34-8-5-29(24-48)37(47)23-34)54-27-31-22-33(7-10-36(31)42(54)58)52-19-17-50(18-20-52)25-28-13-15-51(16-14-28)32-6-9-35-30(21-32)26-53(41(35)57)38-11-12-39(55)49-40(38)56/h5-10,21-23,28,38,43-44H,11-20,25-27H2,1-4H3,(H,49,55,56). The van der Waals surface area contributed by atoms with E-state index in [1.165, 1.54) is 5.69 Å². The first kappa shape index (κ1) is 39.3. The van der Waals surface area contributed by atoms with Gasteiger partial charge in [-0.1, -0.05) is 39.3 Å². The molecule has 3 aromatic carbocycles. The van der Waals surface area contributed by atoms with Crippen LogP contribution in [-0.4, -0.2) is 102 Å². The van der Waals surface area contributed by atoms with E-state index in [0.717, 1.165) is 81.0 Å². The maximum atomic E-state index is 13.9. The van der Waals surface area contributed by atoms with Crippen LogP contribution in [0.25, 0.3) is 0 Å². The number of anilines is 2. The zero-order valence-corrected chi connectivity index (χ0v) is 35.1. The molecule has 1 atom stereocenters. The predicted octanol–water partition coefficient (Wildman–Crippen LogP) is 5.85. The molecule has 3 aromatic rings. The first-order chi connectivity index (χ1) is 28.2. The van der Waals surface area contributed by atoms with Crippen molar-refractivity contribution in [2.24, 2.45) is 16.7 Å². The molecule has 6 aliphatic rings. The minimum absolute atomic E-state index is 0.0236. The Labute approximate surface area is 351 Å². The molecule has 0 bridgehead atoms. The lowest BCUT2D eigenvalue weighted by Gasteiger charge is -2.65. The molecule has 1 aliphatic carbocycles. The summed E-state index contributed by atoms with van der Waals surface area (Å²) in [6.45, 7) is 16.6. The minimum Gasteiger partial charge on any atom is -0.489 e.